The molecule has 0 aliphatic heterocycles. The van der Waals surface area contributed by atoms with E-state index in [1.54, 1.807) is 37.3 Å². The van der Waals surface area contributed by atoms with E-state index >= 15 is 0 Å². The second kappa shape index (κ2) is 6.26. The van der Waals surface area contributed by atoms with Crippen LogP contribution in [0.1, 0.15) is 29.7 Å². The average Bonchev–Trinajstić information content (AvgIpc) is 2.44. The minimum atomic E-state index is -4.52. The van der Waals surface area contributed by atoms with Crippen LogP contribution in [0.5, 0.6) is 0 Å². The summed E-state index contributed by atoms with van der Waals surface area (Å²) in [5, 5.41) is 2.99. The maximum Gasteiger partial charge on any atom is 0.416 e. The molecule has 0 aromatic heterocycles. The molecule has 0 saturated heterocycles. The Morgan fingerprint density at radius 1 is 1.05 bits per heavy atom. The van der Waals surface area contributed by atoms with Gasteiger partial charge >= 0.3 is 6.18 Å². The van der Waals surface area contributed by atoms with Gasteiger partial charge in [0.1, 0.15) is 5.82 Å². The molecular weight excluding hydrogens is 282 g/mol. The van der Waals surface area contributed by atoms with Gasteiger partial charge in [0.25, 0.3) is 0 Å². The van der Waals surface area contributed by atoms with Crippen molar-refractivity contribution in [3.8, 4) is 0 Å². The fraction of sp³-hybridized carbons (Fsp3) is 0.250. The SMILES string of the molecule is CCNC(c1ccccc1)c1cc(F)ccc1C(F)(F)F. The first-order valence-corrected chi connectivity index (χ1v) is 6.58. The Hall–Kier alpha value is -1.88. The Morgan fingerprint density at radius 3 is 2.29 bits per heavy atom. The van der Waals surface area contributed by atoms with Crippen LogP contribution in [0.25, 0.3) is 0 Å². The van der Waals surface area contributed by atoms with E-state index < -0.39 is 23.6 Å². The second-order valence-corrected chi connectivity index (χ2v) is 4.63. The fourth-order valence-corrected chi connectivity index (χ4v) is 2.29. The highest BCUT2D eigenvalue weighted by molar-refractivity contribution is 5.39. The Morgan fingerprint density at radius 2 is 1.71 bits per heavy atom. The van der Waals surface area contributed by atoms with Gasteiger partial charge in [-0.25, -0.2) is 4.39 Å². The van der Waals surface area contributed by atoms with Crippen LogP contribution in [0, 0.1) is 5.82 Å². The Bertz CT molecular complexity index is 593. The van der Waals surface area contributed by atoms with Crippen molar-refractivity contribution in [1.29, 1.82) is 0 Å². The number of benzene rings is 2. The van der Waals surface area contributed by atoms with E-state index in [2.05, 4.69) is 5.32 Å². The molecule has 0 amide bonds. The minimum Gasteiger partial charge on any atom is -0.307 e. The lowest BCUT2D eigenvalue weighted by atomic mass is 9.94. The van der Waals surface area contributed by atoms with Crippen LogP contribution in [0.2, 0.25) is 0 Å². The largest absolute Gasteiger partial charge is 0.416 e. The first-order valence-electron chi connectivity index (χ1n) is 6.58. The fourth-order valence-electron chi connectivity index (χ4n) is 2.29. The summed E-state index contributed by atoms with van der Waals surface area (Å²) in [7, 11) is 0. The molecule has 2 aromatic carbocycles. The monoisotopic (exact) mass is 297 g/mol. The van der Waals surface area contributed by atoms with Crippen LogP contribution in [-0.4, -0.2) is 6.54 Å². The number of nitrogens with one attached hydrogen (secondary N) is 1. The van der Waals surface area contributed by atoms with Gasteiger partial charge in [-0.15, -0.1) is 0 Å². The zero-order valence-corrected chi connectivity index (χ0v) is 11.4. The lowest BCUT2D eigenvalue weighted by molar-refractivity contribution is -0.138. The molecule has 1 unspecified atom stereocenters. The molecule has 1 atom stereocenters. The van der Waals surface area contributed by atoms with Gasteiger partial charge in [-0.1, -0.05) is 37.3 Å². The van der Waals surface area contributed by atoms with E-state index in [4.69, 9.17) is 0 Å². The van der Waals surface area contributed by atoms with Gasteiger partial charge in [-0.2, -0.15) is 13.2 Å². The zero-order chi connectivity index (χ0) is 15.5. The molecule has 21 heavy (non-hydrogen) atoms. The van der Waals surface area contributed by atoms with Crippen LogP contribution in [-0.2, 0) is 6.18 Å². The van der Waals surface area contributed by atoms with Gasteiger partial charge in [-0.05, 0) is 35.9 Å². The number of hydrogen-bond donors (Lipinski definition) is 1. The van der Waals surface area contributed by atoms with Crippen LogP contribution in [0.4, 0.5) is 17.6 Å². The van der Waals surface area contributed by atoms with Crippen LogP contribution >= 0.6 is 0 Å². The molecule has 0 radical (unpaired) electrons. The highest BCUT2D eigenvalue weighted by Gasteiger charge is 2.35. The first kappa shape index (κ1) is 15.5. The second-order valence-electron chi connectivity index (χ2n) is 4.63. The van der Waals surface area contributed by atoms with Gasteiger partial charge < -0.3 is 5.32 Å². The van der Waals surface area contributed by atoms with Crippen molar-refractivity contribution < 1.29 is 17.6 Å². The van der Waals surface area contributed by atoms with Crippen LogP contribution < -0.4 is 5.32 Å². The Labute approximate surface area is 120 Å². The summed E-state index contributed by atoms with van der Waals surface area (Å²) in [4.78, 5) is 0. The standard InChI is InChI=1S/C16H15F4N/c1-2-21-15(11-6-4-3-5-7-11)13-10-12(17)8-9-14(13)16(18,19)20/h3-10,15,21H,2H2,1H3. The molecule has 0 saturated carbocycles. The molecule has 0 fully saturated rings. The summed E-state index contributed by atoms with van der Waals surface area (Å²) in [5.74, 6) is -0.683. The van der Waals surface area contributed by atoms with Crippen molar-refractivity contribution in [2.24, 2.45) is 0 Å². The topological polar surface area (TPSA) is 12.0 Å². The summed E-state index contributed by atoms with van der Waals surface area (Å²) in [6, 6.07) is 10.6. The van der Waals surface area contributed by atoms with Crippen molar-refractivity contribution >= 4 is 0 Å². The molecule has 2 aromatic rings. The number of hydrogen-bond acceptors (Lipinski definition) is 1. The maximum atomic E-state index is 13.5. The normalized spacial score (nSPS) is 13.2. The van der Waals surface area contributed by atoms with Gasteiger partial charge in [0.2, 0.25) is 0 Å². The molecule has 2 rings (SSSR count). The van der Waals surface area contributed by atoms with E-state index in [0.29, 0.717) is 12.1 Å². The molecule has 0 aliphatic rings. The Balaban J connectivity index is 2.57. The van der Waals surface area contributed by atoms with Crippen molar-refractivity contribution in [3.63, 3.8) is 0 Å². The van der Waals surface area contributed by atoms with Gasteiger partial charge in [0.15, 0.2) is 0 Å². The summed E-state index contributed by atoms with van der Waals surface area (Å²) in [6.07, 6.45) is -4.52. The quantitative estimate of drug-likeness (QED) is 0.817. The highest BCUT2D eigenvalue weighted by atomic mass is 19.4. The van der Waals surface area contributed by atoms with Crippen LogP contribution in [0.15, 0.2) is 48.5 Å². The summed E-state index contributed by atoms with van der Waals surface area (Å²) in [5.41, 5.74) is -0.260. The summed E-state index contributed by atoms with van der Waals surface area (Å²) in [6.45, 7) is 2.26. The molecule has 1 N–H and O–H groups in total. The van der Waals surface area contributed by atoms with Crippen LogP contribution in [0.3, 0.4) is 0 Å². The predicted octanol–water partition coefficient (Wildman–Crippen LogP) is 4.54. The highest BCUT2D eigenvalue weighted by Crippen LogP contribution is 2.36. The average molecular weight is 297 g/mol. The van der Waals surface area contributed by atoms with Crippen molar-refractivity contribution in [2.75, 3.05) is 6.54 Å². The van der Waals surface area contributed by atoms with Gasteiger partial charge in [0.05, 0.1) is 11.6 Å². The summed E-state index contributed by atoms with van der Waals surface area (Å²) < 4.78 is 52.9. The molecule has 5 heteroatoms. The molecule has 0 aliphatic carbocycles. The zero-order valence-electron chi connectivity index (χ0n) is 11.4. The molecule has 0 heterocycles. The molecule has 0 spiro atoms. The van der Waals surface area contributed by atoms with E-state index in [1.165, 1.54) is 0 Å². The van der Waals surface area contributed by atoms with E-state index in [1.807, 2.05) is 0 Å². The summed E-state index contributed by atoms with van der Waals surface area (Å²) >= 11 is 0. The maximum absolute atomic E-state index is 13.5. The van der Waals surface area contributed by atoms with Crippen molar-refractivity contribution in [3.05, 3.63) is 71.0 Å². The molecule has 1 nitrogen and oxygen atoms in total. The van der Waals surface area contributed by atoms with Gasteiger partial charge in [0, 0.05) is 0 Å². The lowest BCUT2D eigenvalue weighted by Crippen LogP contribution is -2.25. The Kier molecular flexibility index (Phi) is 4.63. The minimum absolute atomic E-state index is 0.101. The molecular formula is C16H15F4N. The third-order valence-electron chi connectivity index (χ3n) is 3.17. The smallest absolute Gasteiger partial charge is 0.307 e. The third-order valence-corrected chi connectivity index (χ3v) is 3.17. The van der Waals surface area contributed by atoms with E-state index in [9.17, 15) is 17.6 Å². The van der Waals surface area contributed by atoms with E-state index in [0.717, 1.165) is 18.2 Å². The molecule has 0 bridgehead atoms. The number of alkyl halides is 3. The van der Waals surface area contributed by atoms with Crippen molar-refractivity contribution in [1.82, 2.24) is 5.32 Å². The third kappa shape index (κ3) is 3.61. The van der Waals surface area contributed by atoms with Crippen molar-refractivity contribution in [2.45, 2.75) is 19.1 Å². The molecule has 112 valence electrons. The van der Waals surface area contributed by atoms with E-state index in [-0.39, 0.29) is 5.56 Å². The number of halogens is 4. The number of rotatable bonds is 4. The predicted molar refractivity (Wildman–Crippen MR) is 73.4 cm³/mol. The van der Waals surface area contributed by atoms with Gasteiger partial charge in [-0.3, -0.25) is 0 Å². The lowest BCUT2D eigenvalue weighted by Gasteiger charge is -2.23. The first-order chi connectivity index (χ1) is 9.93.